The van der Waals surface area contributed by atoms with Crippen LogP contribution in [0.3, 0.4) is 0 Å². The summed E-state index contributed by atoms with van der Waals surface area (Å²) >= 11 is 5.58. The monoisotopic (exact) mass is 454 g/mol. The number of carbonyl (C=O) groups excluding carboxylic acids is 2. The van der Waals surface area contributed by atoms with Crippen LogP contribution in [0.4, 0.5) is 17.6 Å². The average Bonchev–Trinajstić information content (AvgIpc) is 2.73. The molecule has 0 bridgehead atoms. The molecule has 1 saturated heterocycles. The van der Waals surface area contributed by atoms with E-state index in [9.17, 15) is 27.2 Å². The standard InChI is InChI=1S/C22H19ClF4N2O2/c23-18-7-5-14(13-17(18)22(25,26)27)6-8-20(30)28-15-9-11-29(12-10-15)21(31)16-3-1-2-4-19(16)24/h1-8,13,15H,9-12H2,(H,28,30)/b8-6+. The van der Waals surface area contributed by atoms with Crippen LogP contribution in [-0.4, -0.2) is 35.8 Å². The molecule has 1 N–H and O–H groups in total. The third kappa shape index (κ3) is 5.85. The highest BCUT2D eigenvalue weighted by Gasteiger charge is 2.33. The molecule has 2 amide bonds. The van der Waals surface area contributed by atoms with Crippen molar-refractivity contribution in [3.63, 3.8) is 0 Å². The Bertz CT molecular complexity index is 999. The van der Waals surface area contributed by atoms with Gasteiger partial charge in [-0.1, -0.05) is 29.8 Å². The molecule has 3 rings (SSSR count). The number of piperidine rings is 1. The lowest BCUT2D eigenvalue weighted by Crippen LogP contribution is -2.46. The molecule has 0 spiro atoms. The zero-order chi connectivity index (χ0) is 22.6. The summed E-state index contributed by atoms with van der Waals surface area (Å²) in [5.41, 5.74) is -0.769. The van der Waals surface area contributed by atoms with Gasteiger partial charge in [0.1, 0.15) is 5.82 Å². The van der Waals surface area contributed by atoms with Crippen LogP contribution in [-0.2, 0) is 11.0 Å². The fourth-order valence-corrected chi connectivity index (χ4v) is 3.54. The van der Waals surface area contributed by atoms with E-state index in [0.29, 0.717) is 25.9 Å². The number of nitrogens with zero attached hydrogens (tertiary/aromatic N) is 1. The Hall–Kier alpha value is -2.87. The molecular weight excluding hydrogens is 436 g/mol. The first-order valence-corrected chi connectivity index (χ1v) is 9.92. The van der Waals surface area contributed by atoms with Crippen LogP contribution in [0, 0.1) is 5.82 Å². The average molecular weight is 455 g/mol. The minimum atomic E-state index is -4.59. The van der Waals surface area contributed by atoms with Crippen molar-refractivity contribution in [3.8, 4) is 0 Å². The molecule has 0 radical (unpaired) electrons. The maximum absolute atomic E-state index is 13.8. The molecule has 1 aliphatic rings. The van der Waals surface area contributed by atoms with Gasteiger partial charge >= 0.3 is 6.18 Å². The molecule has 31 heavy (non-hydrogen) atoms. The molecular formula is C22H19ClF4N2O2. The van der Waals surface area contributed by atoms with Crippen LogP contribution in [0.15, 0.2) is 48.5 Å². The quantitative estimate of drug-likeness (QED) is 0.526. The summed E-state index contributed by atoms with van der Waals surface area (Å²) < 4.78 is 52.6. The summed E-state index contributed by atoms with van der Waals surface area (Å²) in [5.74, 6) is -1.43. The molecule has 1 aliphatic heterocycles. The molecule has 1 heterocycles. The lowest BCUT2D eigenvalue weighted by atomic mass is 10.0. The van der Waals surface area contributed by atoms with Gasteiger partial charge in [0.05, 0.1) is 16.1 Å². The highest BCUT2D eigenvalue weighted by molar-refractivity contribution is 6.31. The summed E-state index contributed by atoms with van der Waals surface area (Å²) in [5, 5.41) is 2.36. The van der Waals surface area contributed by atoms with Crippen molar-refractivity contribution in [1.29, 1.82) is 0 Å². The van der Waals surface area contributed by atoms with Crippen LogP contribution in [0.5, 0.6) is 0 Å². The van der Waals surface area contributed by atoms with E-state index in [4.69, 9.17) is 11.6 Å². The smallest absolute Gasteiger partial charge is 0.350 e. The molecule has 2 aromatic carbocycles. The highest BCUT2D eigenvalue weighted by atomic mass is 35.5. The Labute approximate surface area is 181 Å². The minimum Gasteiger partial charge on any atom is -0.350 e. The Kier molecular flexibility index (Phi) is 7.00. The van der Waals surface area contributed by atoms with Gasteiger partial charge in [0.25, 0.3) is 5.91 Å². The Balaban J connectivity index is 1.54. The molecule has 1 fully saturated rings. The van der Waals surface area contributed by atoms with Crippen LogP contribution in [0.25, 0.3) is 6.08 Å². The lowest BCUT2D eigenvalue weighted by Gasteiger charge is -2.32. The molecule has 0 aliphatic carbocycles. The predicted molar refractivity (Wildman–Crippen MR) is 109 cm³/mol. The first kappa shape index (κ1) is 22.8. The van der Waals surface area contributed by atoms with Gasteiger partial charge in [0.15, 0.2) is 0 Å². The first-order valence-electron chi connectivity index (χ1n) is 9.54. The van der Waals surface area contributed by atoms with Crippen molar-refractivity contribution >= 4 is 29.5 Å². The van der Waals surface area contributed by atoms with Crippen molar-refractivity contribution in [3.05, 3.63) is 76.1 Å². The Morgan fingerprint density at radius 2 is 1.77 bits per heavy atom. The number of rotatable bonds is 4. The maximum atomic E-state index is 13.8. The summed E-state index contributed by atoms with van der Waals surface area (Å²) in [6, 6.07) is 8.95. The van der Waals surface area contributed by atoms with E-state index in [2.05, 4.69) is 5.32 Å². The lowest BCUT2D eigenvalue weighted by molar-refractivity contribution is -0.137. The molecule has 2 aromatic rings. The Morgan fingerprint density at radius 3 is 2.42 bits per heavy atom. The molecule has 0 aromatic heterocycles. The van der Waals surface area contributed by atoms with Crippen LogP contribution < -0.4 is 5.32 Å². The topological polar surface area (TPSA) is 49.4 Å². The Morgan fingerprint density at radius 1 is 1.10 bits per heavy atom. The number of carbonyl (C=O) groups is 2. The summed E-state index contributed by atoms with van der Waals surface area (Å²) in [6.45, 7) is 0.710. The van der Waals surface area contributed by atoms with Gasteiger partial charge in [-0.05, 0) is 48.7 Å². The summed E-state index contributed by atoms with van der Waals surface area (Å²) in [7, 11) is 0. The predicted octanol–water partition coefficient (Wildman–Crippen LogP) is 4.93. The van der Waals surface area contributed by atoms with Gasteiger partial charge in [-0.25, -0.2) is 4.39 Å². The van der Waals surface area contributed by atoms with Crippen molar-refractivity contribution < 1.29 is 27.2 Å². The van der Waals surface area contributed by atoms with E-state index in [1.165, 1.54) is 35.2 Å². The normalized spacial score (nSPS) is 15.3. The number of halogens is 5. The second-order valence-electron chi connectivity index (χ2n) is 7.13. The fourth-order valence-electron chi connectivity index (χ4n) is 3.32. The molecule has 0 unspecified atom stereocenters. The second kappa shape index (κ2) is 9.51. The van der Waals surface area contributed by atoms with Gasteiger partial charge in [0.2, 0.25) is 5.91 Å². The highest BCUT2D eigenvalue weighted by Crippen LogP contribution is 2.35. The number of nitrogens with one attached hydrogen (secondary N) is 1. The van der Waals surface area contributed by atoms with Crippen molar-refractivity contribution in [1.82, 2.24) is 10.2 Å². The number of hydrogen-bond acceptors (Lipinski definition) is 2. The summed E-state index contributed by atoms with van der Waals surface area (Å²) in [4.78, 5) is 26.1. The maximum Gasteiger partial charge on any atom is 0.417 e. The summed E-state index contributed by atoms with van der Waals surface area (Å²) in [6.07, 6.45) is -1.19. The number of alkyl halides is 3. The van der Waals surface area contributed by atoms with Crippen LogP contribution in [0.2, 0.25) is 5.02 Å². The van der Waals surface area contributed by atoms with E-state index >= 15 is 0 Å². The van der Waals surface area contributed by atoms with E-state index in [1.807, 2.05) is 0 Å². The van der Waals surface area contributed by atoms with Crippen LogP contribution in [0.1, 0.15) is 34.3 Å². The third-order valence-corrected chi connectivity index (χ3v) is 5.29. The number of hydrogen-bond donors (Lipinski definition) is 1. The minimum absolute atomic E-state index is 0.00843. The van der Waals surface area contributed by atoms with Crippen molar-refractivity contribution in [2.24, 2.45) is 0 Å². The van der Waals surface area contributed by atoms with E-state index < -0.39 is 34.4 Å². The largest absolute Gasteiger partial charge is 0.417 e. The van der Waals surface area contributed by atoms with Gasteiger partial charge in [-0.15, -0.1) is 0 Å². The SMILES string of the molecule is O=C(/C=C/c1ccc(Cl)c(C(F)(F)F)c1)NC1CCN(C(=O)c2ccccc2F)CC1. The van der Waals surface area contributed by atoms with E-state index in [-0.39, 0.29) is 17.2 Å². The fraction of sp³-hybridized carbons (Fsp3) is 0.273. The number of benzene rings is 2. The zero-order valence-electron chi connectivity index (χ0n) is 16.3. The third-order valence-electron chi connectivity index (χ3n) is 4.96. The van der Waals surface area contributed by atoms with E-state index in [1.54, 1.807) is 6.07 Å². The van der Waals surface area contributed by atoms with Gasteiger partial charge < -0.3 is 10.2 Å². The first-order chi connectivity index (χ1) is 14.6. The van der Waals surface area contributed by atoms with Crippen molar-refractivity contribution in [2.45, 2.75) is 25.1 Å². The van der Waals surface area contributed by atoms with Crippen LogP contribution >= 0.6 is 11.6 Å². The number of likely N-dealkylation sites (tertiary alicyclic amines) is 1. The molecule has 0 saturated carbocycles. The van der Waals surface area contributed by atoms with Gasteiger partial charge in [-0.3, -0.25) is 9.59 Å². The number of amides is 2. The van der Waals surface area contributed by atoms with Gasteiger partial charge in [-0.2, -0.15) is 13.2 Å². The molecule has 0 atom stereocenters. The zero-order valence-corrected chi connectivity index (χ0v) is 17.0. The molecule has 4 nitrogen and oxygen atoms in total. The van der Waals surface area contributed by atoms with Crippen molar-refractivity contribution in [2.75, 3.05) is 13.1 Å². The second-order valence-corrected chi connectivity index (χ2v) is 7.53. The van der Waals surface area contributed by atoms with E-state index in [0.717, 1.165) is 18.2 Å². The van der Waals surface area contributed by atoms with Gasteiger partial charge in [0, 0.05) is 25.2 Å². The molecule has 9 heteroatoms. The molecule has 164 valence electrons.